The maximum absolute atomic E-state index is 9.74. The quantitative estimate of drug-likeness (QED) is 0.829. The highest BCUT2D eigenvalue weighted by atomic mass is 16.7. The van der Waals surface area contributed by atoms with Crippen LogP contribution in [0.5, 0.6) is 11.5 Å². The molecule has 0 radical (unpaired) electrons. The molecule has 1 fully saturated rings. The average Bonchev–Trinajstić information content (AvgIpc) is 2.94. The number of aliphatic hydroxyl groups excluding tert-OH is 1. The highest BCUT2D eigenvalue weighted by molar-refractivity contribution is 5.47. The predicted molar refractivity (Wildman–Crippen MR) is 63.4 cm³/mol. The van der Waals surface area contributed by atoms with Crippen LogP contribution in [-0.4, -0.2) is 43.5 Å². The minimum Gasteiger partial charge on any atom is -0.454 e. The zero-order valence-electron chi connectivity index (χ0n) is 9.98. The van der Waals surface area contributed by atoms with Crippen LogP contribution >= 0.6 is 0 Å². The molecule has 1 atom stereocenters. The number of benzene rings is 1. The Kier molecular flexibility index (Phi) is 2.49. The Morgan fingerprint density at radius 1 is 1.35 bits per heavy atom. The Bertz CT molecular complexity index is 435. The molecule has 0 saturated carbocycles. The highest BCUT2D eigenvalue weighted by Gasteiger charge is 2.38. The lowest BCUT2D eigenvalue weighted by molar-refractivity contribution is 0.173. The molecule has 92 valence electrons. The zero-order chi connectivity index (χ0) is 11.9. The summed E-state index contributed by atoms with van der Waals surface area (Å²) < 4.78 is 10.7. The Labute approximate surface area is 101 Å². The summed E-state index contributed by atoms with van der Waals surface area (Å²) in [5, 5.41) is 9.74. The first-order valence-electron chi connectivity index (χ1n) is 5.93. The van der Waals surface area contributed by atoms with Crippen LogP contribution in [0.15, 0.2) is 18.2 Å². The van der Waals surface area contributed by atoms with Crippen molar-refractivity contribution in [1.29, 1.82) is 0 Å². The van der Waals surface area contributed by atoms with E-state index in [0.29, 0.717) is 6.79 Å². The van der Waals surface area contributed by atoms with Crippen molar-refractivity contribution >= 4 is 0 Å². The van der Waals surface area contributed by atoms with E-state index in [0.717, 1.165) is 36.6 Å². The van der Waals surface area contributed by atoms with Gasteiger partial charge in [0, 0.05) is 12.0 Å². The summed E-state index contributed by atoms with van der Waals surface area (Å²) in [6, 6.07) is 5.99. The molecule has 3 rings (SSSR count). The second kappa shape index (κ2) is 3.89. The van der Waals surface area contributed by atoms with E-state index in [1.165, 1.54) is 0 Å². The number of hydrogen-bond donors (Lipinski definition) is 1. The second-order valence-electron chi connectivity index (χ2n) is 4.99. The van der Waals surface area contributed by atoms with Crippen molar-refractivity contribution in [3.05, 3.63) is 23.8 Å². The monoisotopic (exact) mass is 235 g/mol. The average molecular weight is 235 g/mol. The van der Waals surface area contributed by atoms with E-state index >= 15 is 0 Å². The Hall–Kier alpha value is -1.26. The molecule has 4 nitrogen and oxygen atoms in total. The third-order valence-corrected chi connectivity index (χ3v) is 3.83. The van der Waals surface area contributed by atoms with E-state index in [9.17, 15) is 5.11 Å². The minimum atomic E-state index is -0.143. The van der Waals surface area contributed by atoms with Crippen molar-refractivity contribution in [2.45, 2.75) is 11.8 Å². The van der Waals surface area contributed by atoms with Crippen LogP contribution in [0.25, 0.3) is 0 Å². The number of ether oxygens (including phenoxy) is 2. The van der Waals surface area contributed by atoms with Crippen molar-refractivity contribution in [1.82, 2.24) is 4.90 Å². The lowest BCUT2D eigenvalue weighted by Gasteiger charge is -2.27. The van der Waals surface area contributed by atoms with Gasteiger partial charge in [-0.1, -0.05) is 6.07 Å². The molecule has 1 aromatic carbocycles. The lowest BCUT2D eigenvalue weighted by Crippen LogP contribution is -2.33. The largest absolute Gasteiger partial charge is 0.454 e. The standard InChI is InChI=1S/C13H17NO3/c1-14-5-4-13(7-14,8-15)10-2-3-11-12(6-10)17-9-16-11/h2-3,6,15H,4-5,7-9H2,1H3. The molecule has 4 heteroatoms. The van der Waals surface area contributed by atoms with Crippen LogP contribution in [-0.2, 0) is 5.41 Å². The molecular weight excluding hydrogens is 218 g/mol. The zero-order valence-corrected chi connectivity index (χ0v) is 9.98. The molecule has 0 aliphatic carbocycles. The van der Waals surface area contributed by atoms with Crippen molar-refractivity contribution in [3.63, 3.8) is 0 Å². The van der Waals surface area contributed by atoms with Crippen molar-refractivity contribution in [2.75, 3.05) is 33.5 Å². The van der Waals surface area contributed by atoms with Gasteiger partial charge in [-0.3, -0.25) is 0 Å². The fraction of sp³-hybridized carbons (Fsp3) is 0.538. The normalized spacial score (nSPS) is 27.6. The van der Waals surface area contributed by atoms with Crippen LogP contribution in [0.1, 0.15) is 12.0 Å². The SMILES string of the molecule is CN1CCC(CO)(c2ccc3c(c2)OCO3)C1. The number of rotatable bonds is 2. The summed E-state index contributed by atoms with van der Waals surface area (Å²) in [7, 11) is 2.09. The molecule has 1 unspecified atom stereocenters. The Morgan fingerprint density at radius 2 is 2.18 bits per heavy atom. The third-order valence-electron chi connectivity index (χ3n) is 3.83. The summed E-state index contributed by atoms with van der Waals surface area (Å²) in [6.45, 7) is 2.39. The summed E-state index contributed by atoms with van der Waals surface area (Å²) in [4.78, 5) is 2.25. The van der Waals surface area contributed by atoms with Gasteiger partial charge in [-0.15, -0.1) is 0 Å². The first-order valence-corrected chi connectivity index (χ1v) is 5.93. The van der Waals surface area contributed by atoms with E-state index in [1.807, 2.05) is 18.2 Å². The van der Waals surface area contributed by atoms with Crippen LogP contribution in [0.4, 0.5) is 0 Å². The molecule has 2 aliphatic rings. The van der Waals surface area contributed by atoms with Gasteiger partial charge in [0.2, 0.25) is 6.79 Å². The van der Waals surface area contributed by atoms with Gasteiger partial charge in [0.15, 0.2) is 11.5 Å². The van der Waals surface area contributed by atoms with Crippen LogP contribution < -0.4 is 9.47 Å². The predicted octanol–water partition coefficient (Wildman–Crippen LogP) is 0.981. The maximum atomic E-state index is 9.74. The van der Waals surface area contributed by atoms with Gasteiger partial charge in [0.05, 0.1) is 6.61 Å². The fourth-order valence-corrected chi connectivity index (χ4v) is 2.76. The first kappa shape index (κ1) is 10.9. The molecule has 17 heavy (non-hydrogen) atoms. The summed E-state index contributed by atoms with van der Waals surface area (Å²) in [5.74, 6) is 1.60. The molecular formula is C13H17NO3. The number of nitrogens with zero attached hydrogens (tertiary/aromatic N) is 1. The van der Waals surface area contributed by atoms with Crippen LogP contribution in [0, 0.1) is 0 Å². The van der Waals surface area contributed by atoms with E-state index in [1.54, 1.807) is 0 Å². The van der Waals surface area contributed by atoms with Gasteiger partial charge >= 0.3 is 0 Å². The lowest BCUT2D eigenvalue weighted by atomic mass is 9.80. The van der Waals surface area contributed by atoms with Gasteiger partial charge in [0.1, 0.15) is 0 Å². The molecule has 1 saturated heterocycles. The highest BCUT2D eigenvalue weighted by Crippen LogP contribution is 2.39. The van der Waals surface area contributed by atoms with E-state index in [-0.39, 0.29) is 12.0 Å². The van der Waals surface area contributed by atoms with Crippen molar-refractivity contribution in [2.24, 2.45) is 0 Å². The van der Waals surface area contributed by atoms with E-state index < -0.39 is 0 Å². The molecule has 1 N–H and O–H groups in total. The van der Waals surface area contributed by atoms with Gasteiger partial charge in [-0.25, -0.2) is 0 Å². The smallest absolute Gasteiger partial charge is 0.231 e. The summed E-state index contributed by atoms with van der Waals surface area (Å²) in [6.07, 6.45) is 0.986. The van der Waals surface area contributed by atoms with E-state index in [4.69, 9.17) is 9.47 Å². The first-order chi connectivity index (χ1) is 8.23. The van der Waals surface area contributed by atoms with E-state index in [2.05, 4.69) is 11.9 Å². The van der Waals surface area contributed by atoms with Crippen LogP contribution in [0.2, 0.25) is 0 Å². The number of fused-ring (bicyclic) bond motifs is 1. The number of aliphatic hydroxyl groups is 1. The topological polar surface area (TPSA) is 41.9 Å². The fourth-order valence-electron chi connectivity index (χ4n) is 2.76. The van der Waals surface area contributed by atoms with Gasteiger partial charge in [-0.05, 0) is 37.7 Å². The Balaban J connectivity index is 1.97. The molecule has 0 bridgehead atoms. The number of hydrogen-bond acceptors (Lipinski definition) is 4. The van der Waals surface area contributed by atoms with Crippen molar-refractivity contribution in [3.8, 4) is 11.5 Å². The summed E-state index contributed by atoms with van der Waals surface area (Å²) in [5.41, 5.74) is 1.00. The van der Waals surface area contributed by atoms with Gasteiger partial charge in [-0.2, -0.15) is 0 Å². The molecule has 0 aromatic heterocycles. The molecule has 0 spiro atoms. The second-order valence-corrected chi connectivity index (χ2v) is 4.99. The molecule has 0 amide bonds. The Morgan fingerprint density at radius 3 is 2.88 bits per heavy atom. The number of likely N-dealkylation sites (N-methyl/N-ethyl adjacent to an activating group) is 1. The summed E-state index contributed by atoms with van der Waals surface area (Å²) >= 11 is 0. The molecule has 2 aliphatic heterocycles. The third kappa shape index (κ3) is 1.68. The van der Waals surface area contributed by atoms with Crippen molar-refractivity contribution < 1.29 is 14.6 Å². The van der Waals surface area contributed by atoms with Gasteiger partial charge < -0.3 is 19.5 Å². The number of likely N-dealkylation sites (tertiary alicyclic amines) is 1. The minimum absolute atomic E-state index is 0.143. The molecule has 1 aromatic rings. The van der Waals surface area contributed by atoms with Crippen LogP contribution in [0.3, 0.4) is 0 Å². The van der Waals surface area contributed by atoms with Gasteiger partial charge in [0.25, 0.3) is 0 Å². The molecule has 2 heterocycles. The maximum Gasteiger partial charge on any atom is 0.231 e.